The lowest BCUT2D eigenvalue weighted by atomic mass is 9.96. The minimum absolute atomic E-state index is 0.0127. The summed E-state index contributed by atoms with van der Waals surface area (Å²) >= 11 is 0. The van der Waals surface area contributed by atoms with E-state index in [1.54, 1.807) is 43.9 Å². The van der Waals surface area contributed by atoms with Gasteiger partial charge in [-0.05, 0) is 31.0 Å². The number of piperidine rings is 1. The number of nitrogens with two attached hydrogens (primary N) is 1. The van der Waals surface area contributed by atoms with Gasteiger partial charge in [0, 0.05) is 37.1 Å². The van der Waals surface area contributed by atoms with Gasteiger partial charge in [-0.3, -0.25) is 9.78 Å². The van der Waals surface area contributed by atoms with Crippen molar-refractivity contribution in [3.8, 4) is 5.75 Å². The molecule has 1 aromatic heterocycles. The molecule has 1 saturated heterocycles. The predicted molar refractivity (Wildman–Crippen MR) is 93.0 cm³/mol. The Bertz CT molecular complexity index is 699. The first kappa shape index (κ1) is 16.0. The molecule has 0 atom stereocenters. The van der Waals surface area contributed by atoms with Crippen molar-refractivity contribution >= 4 is 23.1 Å². The zero-order chi connectivity index (χ0) is 16.9. The van der Waals surface area contributed by atoms with Crippen LogP contribution in [0.1, 0.15) is 12.8 Å². The lowest BCUT2D eigenvalue weighted by molar-refractivity contribution is -0.120. The molecule has 1 aromatic carbocycles. The number of hydrogen-bond donors (Lipinski definition) is 2. The summed E-state index contributed by atoms with van der Waals surface area (Å²) in [6.45, 7) is 1.59. The molecule has 126 valence electrons. The van der Waals surface area contributed by atoms with Gasteiger partial charge in [0.05, 0.1) is 19.0 Å². The van der Waals surface area contributed by atoms with E-state index in [1.807, 2.05) is 0 Å². The number of amides is 1. The molecule has 0 saturated carbocycles. The molecule has 0 unspecified atom stereocenters. The number of aromatic nitrogens is 2. The number of benzene rings is 1. The number of nitrogens with zero attached hydrogens (tertiary/aromatic N) is 3. The summed E-state index contributed by atoms with van der Waals surface area (Å²) in [5, 5.41) is 2.94. The molecule has 24 heavy (non-hydrogen) atoms. The van der Waals surface area contributed by atoms with Crippen LogP contribution < -0.4 is 20.7 Å². The number of nitrogens with one attached hydrogen (secondary N) is 1. The van der Waals surface area contributed by atoms with E-state index in [0.717, 1.165) is 31.7 Å². The summed E-state index contributed by atoms with van der Waals surface area (Å²) in [4.78, 5) is 23.0. The highest BCUT2D eigenvalue weighted by Gasteiger charge is 2.25. The normalized spacial score (nSPS) is 15.1. The van der Waals surface area contributed by atoms with Gasteiger partial charge in [0.1, 0.15) is 11.6 Å². The Hall–Kier alpha value is -2.83. The van der Waals surface area contributed by atoms with Crippen molar-refractivity contribution in [3.05, 3.63) is 36.8 Å². The van der Waals surface area contributed by atoms with Gasteiger partial charge in [-0.1, -0.05) is 0 Å². The molecule has 0 spiro atoms. The van der Waals surface area contributed by atoms with E-state index >= 15 is 0 Å². The van der Waals surface area contributed by atoms with Crippen LogP contribution in [-0.2, 0) is 4.79 Å². The van der Waals surface area contributed by atoms with E-state index in [4.69, 9.17) is 10.5 Å². The van der Waals surface area contributed by atoms with Crippen LogP contribution in [0.15, 0.2) is 36.8 Å². The summed E-state index contributed by atoms with van der Waals surface area (Å²) in [6.07, 6.45) is 6.66. The van der Waals surface area contributed by atoms with Crippen LogP contribution >= 0.6 is 0 Å². The molecule has 1 amide bonds. The van der Waals surface area contributed by atoms with Gasteiger partial charge in [-0.2, -0.15) is 0 Å². The average molecular weight is 327 g/mol. The molecule has 0 aliphatic carbocycles. The Morgan fingerprint density at radius 2 is 2.12 bits per heavy atom. The molecule has 3 N–H and O–H groups in total. The van der Waals surface area contributed by atoms with Gasteiger partial charge >= 0.3 is 0 Å². The van der Waals surface area contributed by atoms with Crippen LogP contribution in [-0.4, -0.2) is 36.1 Å². The van der Waals surface area contributed by atoms with E-state index in [-0.39, 0.29) is 11.8 Å². The Kier molecular flexibility index (Phi) is 4.79. The number of carbonyl (C=O) groups excluding carboxylic acids is 1. The van der Waals surface area contributed by atoms with Gasteiger partial charge in [-0.25, -0.2) is 4.98 Å². The van der Waals surface area contributed by atoms with Gasteiger partial charge in [0.25, 0.3) is 0 Å². The summed E-state index contributed by atoms with van der Waals surface area (Å²) < 4.78 is 5.12. The minimum Gasteiger partial charge on any atom is -0.495 e. The Labute approximate surface area is 140 Å². The molecule has 0 bridgehead atoms. The maximum absolute atomic E-state index is 12.4. The third-order valence-electron chi connectivity index (χ3n) is 4.24. The fraction of sp³-hybridized carbons (Fsp3) is 0.353. The highest BCUT2D eigenvalue weighted by molar-refractivity contribution is 5.93. The van der Waals surface area contributed by atoms with Gasteiger partial charge in [-0.15, -0.1) is 0 Å². The zero-order valence-corrected chi connectivity index (χ0v) is 13.6. The highest BCUT2D eigenvalue weighted by atomic mass is 16.5. The first-order valence-electron chi connectivity index (χ1n) is 7.92. The fourth-order valence-corrected chi connectivity index (χ4v) is 2.88. The average Bonchev–Trinajstić information content (AvgIpc) is 2.63. The lowest BCUT2D eigenvalue weighted by Crippen LogP contribution is -2.38. The van der Waals surface area contributed by atoms with Crippen molar-refractivity contribution in [3.63, 3.8) is 0 Å². The number of anilines is 3. The fourth-order valence-electron chi connectivity index (χ4n) is 2.88. The van der Waals surface area contributed by atoms with Crippen molar-refractivity contribution in [2.24, 2.45) is 5.92 Å². The molecule has 3 rings (SSSR count). The number of carbonyl (C=O) groups is 1. The molecule has 2 aromatic rings. The number of methoxy groups -OCH3 is 1. The van der Waals surface area contributed by atoms with Gasteiger partial charge in [0.2, 0.25) is 5.91 Å². The monoisotopic (exact) mass is 327 g/mol. The van der Waals surface area contributed by atoms with Gasteiger partial charge in [0.15, 0.2) is 0 Å². The number of ether oxygens (including phenoxy) is 1. The maximum Gasteiger partial charge on any atom is 0.227 e. The molecule has 7 nitrogen and oxygen atoms in total. The summed E-state index contributed by atoms with van der Waals surface area (Å²) in [5.41, 5.74) is 7.07. The third kappa shape index (κ3) is 3.56. The van der Waals surface area contributed by atoms with Crippen LogP contribution in [0.25, 0.3) is 0 Å². The quantitative estimate of drug-likeness (QED) is 0.833. The number of nitrogen functional groups attached to an aromatic ring is 1. The summed E-state index contributed by atoms with van der Waals surface area (Å²) in [5.74, 6) is 1.48. The van der Waals surface area contributed by atoms with E-state index in [1.165, 1.54) is 0 Å². The first-order chi connectivity index (χ1) is 11.7. The van der Waals surface area contributed by atoms with Crippen LogP contribution in [0.5, 0.6) is 5.75 Å². The van der Waals surface area contributed by atoms with E-state index in [0.29, 0.717) is 17.1 Å². The minimum atomic E-state index is -0.0127. The first-order valence-corrected chi connectivity index (χ1v) is 7.92. The third-order valence-corrected chi connectivity index (χ3v) is 4.24. The van der Waals surface area contributed by atoms with Crippen LogP contribution in [0.4, 0.5) is 17.2 Å². The molecule has 1 aliphatic rings. The number of rotatable bonds is 4. The molecule has 7 heteroatoms. The second kappa shape index (κ2) is 7.16. The molecular formula is C17H21N5O2. The smallest absolute Gasteiger partial charge is 0.227 e. The standard InChI is InChI=1S/C17H21N5O2/c1-24-15-3-2-13(10-14(15)18)21-17(23)12-4-8-22(9-5-12)16-11-19-6-7-20-16/h2-3,6-7,10-12H,4-5,8-9,18H2,1H3,(H,21,23). The maximum atomic E-state index is 12.4. The van der Waals surface area contributed by atoms with Crippen molar-refractivity contribution in [1.82, 2.24) is 9.97 Å². The van der Waals surface area contributed by atoms with E-state index < -0.39 is 0 Å². The lowest BCUT2D eigenvalue weighted by Gasteiger charge is -2.31. The predicted octanol–water partition coefficient (Wildman–Crippen LogP) is 1.92. The second-order valence-corrected chi connectivity index (χ2v) is 5.77. The van der Waals surface area contributed by atoms with E-state index in [2.05, 4.69) is 20.2 Å². The Balaban J connectivity index is 1.56. The van der Waals surface area contributed by atoms with Crippen molar-refractivity contribution in [2.45, 2.75) is 12.8 Å². The molecule has 1 aliphatic heterocycles. The molecule has 2 heterocycles. The van der Waals surface area contributed by atoms with E-state index in [9.17, 15) is 4.79 Å². The topological polar surface area (TPSA) is 93.4 Å². The van der Waals surface area contributed by atoms with Crippen LogP contribution in [0.3, 0.4) is 0 Å². The van der Waals surface area contributed by atoms with Gasteiger partial charge < -0.3 is 20.7 Å². The Morgan fingerprint density at radius 1 is 1.33 bits per heavy atom. The van der Waals surface area contributed by atoms with Crippen molar-refractivity contribution < 1.29 is 9.53 Å². The van der Waals surface area contributed by atoms with Crippen LogP contribution in [0, 0.1) is 5.92 Å². The Morgan fingerprint density at radius 3 is 2.75 bits per heavy atom. The zero-order valence-electron chi connectivity index (χ0n) is 13.6. The largest absolute Gasteiger partial charge is 0.495 e. The second-order valence-electron chi connectivity index (χ2n) is 5.77. The summed E-state index contributed by atoms with van der Waals surface area (Å²) in [7, 11) is 1.56. The highest BCUT2D eigenvalue weighted by Crippen LogP contribution is 2.26. The SMILES string of the molecule is COc1ccc(NC(=O)C2CCN(c3cnccn3)CC2)cc1N. The molecular weight excluding hydrogens is 306 g/mol. The molecule has 1 fully saturated rings. The van der Waals surface area contributed by atoms with Crippen molar-refractivity contribution in [2.75, 3.05) is 36.1 Å². The molecule has 0 radical (unpaired) electrons. The number of hydrogen-bond acceptors (Lipinski definition) is 6. The van der Waals surface area contributed by atoms with Crippen molar-refractivity contribution in [1.29, 1.82) is 0 Å². The van der Waals surface area contributed by atoms with Crippen LogP contribution in [0.2, 0.25) is 0 Å². The summed E-state index contributed by atoms with van der Waals surface area (Å²) in [6, 6.07) is 5.26.